The molecule has 33 heavy (non-hydrogen) atoms. The van der Waals surface area contributed by atoms with E-state index in [0.717, 1.165) is 37.9 Å². The van der Waals surface area contributed by atoms with E-state index < -0.39 is 11.7 Å². The first-order valence-electron chi connectivity index (χ1n) is 10.7. The average molecular weight is 453 g/mol. The number of rotatable bonds is 2. The molecule has 6 nitrogen and oxygen atoms in total. The lowest BCUT2D eigenvalue weighted by Crippen LogP contribution is -2.43. The molecule has 5 rings (SSSR count). The van der Waals surface area contributed by atoms with Gasteiger partial charge in [0.25, 0.3) is 5.91 Å². The van der Waals surface area contributed by atoms with Crippen LogP contribution in [0.3, 0.4) is 0 Å². The molecule has 2 aromatic heterocycles. The minimum Gasteiger partial charge on any atom is -0.368 e. The van der Waals surface area contributed by atoms with E-state index in [0.29, 0.717) is 17.0 Å². The number of allylic oxidation sites excluding steroid dienone is 6. The number of aryl methyl sites for hydroxylation is 1. The van der Waals surface area contributed by atoms with E-state index in [-0.39, 0.29) is 17.1 Å². The lowest BCUT2D eigenvalue weighted by Gasteiger charge is -2.33. The van der Waals surface area contributed by atoms with Crippen molar-refractivity contribution in [1.29, 1.82) is 0 Å². The van der Waals surface area contributed by atoms with Gasteiger partial charge in [0.2, 0.25) is 0 Å². The molecule has 0 unspecified atom stereocenters. The maximum absolute atomic E-state index is 13.7. The van der Waals surface area contributed by atoms with Gasteiger partial charge in [-0.05, 0) is 42.4 Å². The number of pyridine rings is 1. The molecule has 0 atom stereocenters. The molecular formula is C24H22F3N5O. The van der Waals surface area contributed by atoms with E-state index in [2.05, 4.69) is 15.2 Å². The number of piperazine rings is 1. The Balaban J connectivity index is 1.55. The van der Waals surface area contributed by atoms with Crippen LogP contribution in [0.5, 0.6) is 0 Å². The van der Waals surface area contributed by atoms with Gasteiger partial charge in [0.1, 0.15) is 5.65 Å². The van der Waals surface area contributed by atoms with Gasteiger partial charge < -0.3 is 14.6 Å². The summed E-state index contributed by atoms with van der Waals surface area (Å²) in [6.45, 7) is 5.05. The van der Waals surface area contributed by atoms with Crippen molar-refractivity contribution in [2.24, 2.45) is 0 Å². The highest BCUT2D eigenvalue weighted by molar-refractivity contribution is 6.00. The Hall–Kier alpha value is -3.59. The van der Waals surface area contributed by atoms with Crippen LogP contribution in [-0.4, -0.2) is 51.3 Å². The highest BCUT2D eigenvalue weighted by atomic mass is 19.4. The third-order valence-electron chi connectivity index (χ3n) is 5.82. The third-order valence-corrected chi connectivity index (χ3v) is 5.82. The Morgan fingerprint density at radius 2 is 1.82 bits per heavy atom. The van der Waals surface area contributed by atoms with E-state index in [4.69, 9.17) is 0 Å². The molecule has 5 heterocycles. The number of carbonyl (C=O) groups excluding carboxylic acids is 1. The summed E-state index contributed by atoms with van der Waals surface area (Å²) in [5.41, 5.74) is 1.79. The van der Waals surface area contributed by atoms with Gasteiger partial charge in [-0.1, -0.05) is 12.2 Å². The van der Waals surface area contributed by atoms with Crippen LogP contribution in [-0.2, 0) is 11.0 Å². The number of nitrogens with zero attached hydrogens (tertiary/aromatic N) is 4. The maximum atomic E-state index is 13.7. The van der Waals surface area contributed by atoms with Crippen molar-refractivity contribution in [3.8, 4) is 0 Å². The second-order valence-electron chi connectivity index (χ2n) is 8.14. The number of imidazole rings is 1. The fourth-order valence-electron chi connectivity index (χ4n) is 4.21. The standard InChI is InChI=1S/C24H22F3N5O/c1-16-13-31-14-18(11-21(23(31)29-16)24(25,26)27)17-3-2-4-19-5-6-20(15-32(19)22(33)12-17)30-9-7-28-8-10-30/h2-6,11-15,28H,7-10H2,1H3/b3-2?,17-12?,19-4+. The van der Waals surface area contributed by atoms with Crippen molar-refractivity contribution in [3.63, 3.8) is 0 Å². The van der Waals surface area contributed by atoms with Crippen molar-refractivity contribution in [3.05, 3.63) is 89.3 Å². The molecular weight excluding hydrogens is 431 g/mol. The molecule has 1 saturated heterocycles. The van der Waals surface area contributed by atoms with Crippen LogP contribution >= 0.6 is 0 Å². The first-order chi connectivity index (χ1) is 15.8. The maximum Gasteiger partial charge on any atom is 0.420 e. The Labute approximate surface area is 188 Å². The third kappa shape index (κ3) is 4.11. The van der Waals surface area contributed by atoms with Crippen LogP contribution in [0.1, 0.15) is 16.8 Å². The Kier molecular flexibility index (Phi) is 5.20. The molecule has 0 spiro atoms. The molecule has 0 radical (unpaired) electrons. The quantitative estimate of drug-likeness (QED) is 0.755. The monoisotopic (exact) mass is 453 g/mol. The van der Waals surface area contributed by atoms with Gasteiger partial charge in [0, 0.05) is 56.5 Å². The molecule has 170 valence electrons. The predicted molar refractivity (Wildman–Crippen MR) is 119 cm³/mol. The predicted octanol–water partition coefficient (Wildman–Crippen LogP) is 3.64. The van der Waals surface area contributed by atoms with Gasteiger partial charge in [-0.25, -0.2) is 4.98 Å². The zero-order chi connectivity index (χ0) is 23.2. The van der Waals surface area contributed by atoms with Crippen LogP contribution in [0.2, 0.25) is 0 Å². The van der Waals surface area contributed by atoms with Crippen LogP contribution in [0, 0.1) is 6.92 Å². The van der Waals surface area contributed by atoms with Gasteiger partial charge in [-0.3, -0.25) is 9.69 Å². The molecule has 0 aliphatic carbocycles. The summed E-state index contributed by atoms with van der Waals surface area (Å²) in [4.78, 5) is 20.9. The number of halogens is 3. The Morgan fingerprint density at radius 3 is 2.58 bits per heavy atom. The van der Waals surface area contributed by atoms with Gasteiger partial charge in [0.15, 0.2) is 0 Å². The first kappa shape index (κ1) is 21.3. The van der Waals surface area contributed by atoms with Gasteiger partial charge in [0.05, 0.1) is 17.0 Å². The second kappa shape index (κ2) is 8.08. The summed E-state index contributed by atoms with van der Waals surface area (Å²) in [7, 11) is 0. The van der Waals surface area contributed by atoms with Crippen LogP contribution in [0.4, 0.5) is 13.2 Å². The number of aromatic nitrogens is 2. The summed E-state index contributed by atoms with van der Waals surface area (Å²) in [6, 6.07) is 1.05. The number of hydrogen-bond donors (Lipinski definition) is 1. The molecule has 0 aromatic carbocycles. The van der Waals surface area contributed by atoms with Crippen LogP contribution < -0.4 is 5.32 Å². The van der Waals surface area contributed by atoms with Gasteiger partial charge >= 0.3 is 6.18 Å². The van der Waals surface area contributed by atoms with Crippen molar-refractivity contribution in [2.75, 3.05) is 26.2 Å². The Morgan fingerprint density at radius 1 is 1.06 bits per heavy atom. The molecule has 2 aromatic rings. The summed E-state index contributed by atoms with van der Waals surface area (Å²) < 4.78 is 42.6. The number of fused-ring (bicyclic) bond motifs is 2. The second-order valence-corrected chi connectivity index (χ2v) is 8.14. The average Bonchev–Trinajstić information content (AvgIpc) is 3.16. The largest absolute Gasteiger partial charge is 0.420 e. The topological polar surface area (TPSA) is 52.9 Å². The number of alkyl halides is 3. The summed E-state index contributed by atoms with van der Waals surface area (Å²) >= 11 is 0. The van der Waals surface area contributed by atoms with E-state index in [9.17, 15) is 18.0 Å². The zero-order valence-corrected chi connectivity index (χ0v) is 17.9. The van der Waals surface area contributed by atoms with Crippen LogP contribution in [0.25, 0.3) is 11.2 Å². The van der Waals surface area contributed by atoms with E-state index in [1.54, 1.807) is 43.7 Å². The fourth-order valence-corrected chi connectivity index (χ4v) is 4.21. The fraction of sp³-hybridized carbons (Fsp3) is 0.250. The number of hydrogen-bond acceptors (Lipinski definition) is 4. The minimum atomic E-state index is -4.57. The molecule has 0 saturated carbocycles. The molecule has 1 N–H and O–H groups in total. The lowest BCUT2D eigenvalue weighted by atomic mass is 10.0. The Bertz CT molecular complexity index is 1270. The SMILES string of the molecule is Cc1cn2cc(C3=CC(=O)N4C=C(N5CCNCC5)C=C/C4=C\C=C3)cc(C(F)(F)F)c2n1. The molecule has 0 bridgehead atoms. The molecule has 9 heteroatoms. The first-order valence-corrected chi connectivity index (χ1v) is 10.7. The molecule has 1 amide bonds. The number of nitrogens with one attached hydrogen (secondary N) is 1. The zero-order valence-electron chi connectivity index (χ0n) is 17.9. The number of amides is 1. The van der Waals surface area contributed by atoms with Crippen molar-refractivity contribution in [2.45, 2.75) is 13.1 Å². The number of carbonyl (C=O) groups is 1. The van der Waals surface area contributed by atoms with E-state index in [1.807, 2.05) is 12.2 Å². The van der Waals surface area contributed by atoms with Crippen molar-refractivity contribution < 1.29 is 18.0 Å². The minimum absolute atomic E-state index is 0.155. The normalized spacial score (nSPS) is 20.7. The highest BCUT2D eigenvalue weighted by Gasteiger charge is 2.35. The highest BCUT2D eigenvalue weighted by Crippen LogP contribution is 2.35. The lowest BCUT2D eigenvalue weighted by molar-refractivity contribution is -0.136. The molecule has 3 aliphatic rings. The smallest absolute Gasteiger partial charge is 0.368 e. The van der Waals surface area contributed by atoms with Crippen molar-refractivity contribution >= 4 is 17.1 Å². The molecule has 3 aliphatic heterocycles. The van der Waals surface area contributed by atoms with Crippen molar-refractivity contribution in [1.82, 2.24) is 24.5 Å². The van der Waals surface area contributed by atoms with E-state index >= 15 is 0 Å². The van der Waals surface area contributed by atoms with Gasteiger partial charge in [-0.2, -0.15) is 13.2 Å². The van der Waals surface area contributed by atoms with E-state index in [1.165, 1.54) is 15.4 Å². The molecule has 1 fully saturated rings. The van der Waals surface area contributed by atoms with Crippen LogP contribution in [0.15, 0.2) is 72.5 Å². The summed E-state index contributed by atoms with van der Waals surface area (Å²) in [5.74, 6) is -0.326. The summed E-state index contributed by atoms with van der Waals surface area (Å²) in [6.07, 6.45) is 10.7. The van der Waals surface area contributed by atoms with Gasteiger partial charge in [-0.15, -0.1) is 0 Å². The summed E-state index contributed by atoms with van der Waals surface area (Å²) in [5, 5.41) is 3.30.